The fraction of sp³-hybridized carbons (Fsp3) is 0.375. The van der Waals surface area contributed by atoms with Crippen LogP contribution in [0, 0.1) is 5.92 Å². The Bertz CT molecular complexity index is 602. The van der Waals surface area contributed by atoms with Crippen LogP contribution in [0.4, 0.5) is 0 Å². The van der Waals surface area contributed by atoms with Gasteiger partial charge in [0.1, 0.15) is 0 Å². The lowest BCUT2D eigenvalue weighted by molar-refractivity contribution is -0.120. The monoisotopic (exact) mass is 269 g/mol. The Morgan fingerprint density at radius 1 is 1.25 bits per heavy atom. The number of para-hydroxylation sites is 1. The third-order valence-electron chi connectivity index (χ3n) is 3.60. The van der Waals surface area contributed by atoms with Gasteiger partial charge in [-0.15, -0.1) is 0 Å². The Hall–Kier alpha value is -1.94. The third-order valence-corrected chi connectivity index (χ3v) is 3.60. The number of nitrogens with zero attached hydrogens (tertiary/aromatic N) is 1. The molecule has 1 saturated carbocycles. The molecule has 1 aliphatic rings. The summed E-state index contributed by atoms with van der Waals surface area (Å²) in [7, 11) is 0. The fourth-order valence-electron chi connectivity index (χ4n) is 2.26. The highest BCUT2D eigenvalue weighted by Crippen LogP contribution is 2.27. The lowest BCUT2D eigenvalue weighted by atomic mass is 10.1. The van der Waals surface area contributed by atoms with E-state index in [2.05, 4.69) is 15.6 Å². The fourth-order valence-corrected chi connectivity index (χ4v) is 2.26. The van der Waals surface area contributed by atoms with E-state index in [1.54, 1.807) is 6.20 Å². The molecule has 1 aromatic carbocycles. The first kappa shape index (κ1) is 13.1. The van der Waals surface area contributed by atoms with Crippen LogP contribution in [-0.4, -0.2) is 24.0 Å². The number of fused-ring (bicyclic) bond motifs is 1. The van der Waals surface area contributed by atoms with Crippen LogP contribution < -0.4 is 10.6 Å². The molecule has 2 N–H and O–H groups in total. The van der Waals surface area contributed by atoms with Gasteiger partial charge in [0.15, 0.2) is 0 Å². The molecule has 0 unspecified atom stereocenters. The predicted octanol–water partition coefficient (Wildman–Crippen LogP) is 1.85. The van der Waals surface area contributed by atoms with E-state index in [0.717, 1.165) is 28.9 Å². The number of benzene rings is 1. The number of pyridine rings is 1. The van der Waals surface area contributed by atoms with Crippen LogP contribution >= 0.6 is 0 Å². The molecule has 0 spiro atoms. The molecule has 1 aliphatic carbocycles. The maximum Gasteiger partial charge on any atom is 0.233 e. The molecule has 20 heavy (non-hydrogen) atoms. The molecule has 0 saturated heterocycles. The number of aromatic nitrogens is 1. The SMILES string of the molecule is O=C(CNCc1cccc2cccnc12)NCC1CC1. The number of carbonyl (C=O) groups excluding carboxylic acids is 1. The molecule has 104 valence electrons. The summed E-state index contributed by atoms with van der Waals surface area (Å²) in [4.78, 5) is 16.0. The Balaban J connectivity index is 1.52. The van der Waals surface area contributed by atoms with Crippen molar-refractivity contribution in [1.29, 1.82) is 0 Å². The van der Waals surface area contributed by atoms with Crippen LogP contribution in [0.5, 0.6) is 0 Å². The van der Waals surface area contributed by atoms with Crippen LogP contribution in [0.25, 0.3) is 10.9 Å². The Labute approximate surface area is 118 Å². The molecule has 2 aromatic rings. The quantitative estimate of drug-likeness (QED) is 0.841. The van der Waals surface area contributed by atoms with Crippen molar-refractivity contribution in [3.8, 4) is 0 Å². The summed E-state index contributed by atoms with van der Waals surface area (Å²) in [6.07, 6.45) is 4.32. The zero-order valence-electron chi connectivity index (χ0n) is 11.4. The van der Waals surface area contributed by atoms with Crippen molar-refractivity contribution in [3.63, 3.8) is 0 Å². The molecule has 1 heterocycles. The maximum atomic E-state index is 11.6. The Morgan fingerprint density at radius 2 is 2.10 bits per heavy atom. The average Bonchev–Trinajstić information content (AvgIpc) is 3.30. The van der Waals surface area contributed by atoms with Crippen molar-refractivity contribution >= 4 is 16.8 Å². The number of hydrogen-bond acceptors (Lipinski definition) is 3. The summed E-state index contributed by atoms with van der Waals surface area (Å²) in [6.45, 7) is 1.84. The van der Waals surface area contributed by atoms with E-state index in [1.807, 2.05) is 30.3 Å². The number of nitrogens with one attached hydrogen (secondary N) is 2. The van der Waals surface area contributed by atoms with Gasteiger partial charge in [-0.25, -0.2) is 0 Å². The van der Waals surface area contributed by atoms with E-state index < -0.39 is 0 Å². The van der Waals surface area contributed by atoms with Crippen molar-refractivity contribution in [2.24, 2.45) is 5.92 Å². The van der Waals surface area contributed by atoms with Gasteiger partial charge in [-0.1, -0.05) is 24.3 Å². The van der Waals surface area contributed by atoms with Gasteiger partial charge in [0.05, 0.1) is 12.1 Å². The molecule has 0 aliphatic heterocycles. The van der Waals surface area contributed by atoms with Crippen molar-refractivity contribution in [2.45, 2.75) is 19.4 Å². The van der Waals surface area contributed by atoms with Gasteiger partial charge >= 0.3 is 0 Å². The van der Waals surface area contributed by atoms with E-state index in [-0.39, 0.29) is 5.91 Å². The van der Waals surface area contributed by atoms with Crippen LogP contribution in [0.1, 0.15) is 18.4 Å². The number of amides is 1. The molecular weight excluding hydrogens is 250 g/mol. The molecule has 1 aromatic heterocycles. The van der Waals surface area contributed by atoms with Gasteiger partial charge in [0.25, 0.3) is 0 Å². The van der Waals surface area contributed by atoms with Crippen LogP contribution in [0.3, 0.4) is 0 Å². The zero-order chi connectivity index (χ0) is 13.8. The summed E-state index contributed by atoms with van der Waals surface area (Å²) in [5.74, 6) is 0.798. The summed E-state index contributed by atoms with van der Waals surface area (Å²) < 4.78 is 0. The second kappa shape index (κ2) is 6.01. The number of rotatable bonds is 6. The molecule has 4 heteroatoms. The Morgan fingerprint density at radius 3 is 2.95 bits per heavy atom. The standard InChI is InChI=1S/C16H19N3O/c20-15(19-9-12-6-7-12)11-17-10-14-4-1-3-13-5-2-8-18-16(13)14/h1-5,8,12,17H,6-7,9-11H2,(H,19,20). The number of hydrogen-bond donors (Lipinski definition) is 2. The maximum absolute atomic E-state index is 11.6. The minimum atomic E-state index is 0.0742. The lowest BCUT2D eigenvalue weighted by Gasteiger charge is -2.08. The third kappa shape index (κ3) is 3.33. The van der Waals surface area contributed by atoms with E-state index in [9.17, 15) is 4.79 Å². The smallest absolute Gasteiger partial charge is 0.233 e. The van der Waals surface area contributed by atoms with Crippen LogP contribution in [-0.2, 0) is 11.3 Å². The second-order valence-corrected chi connectivity index (χ2v) is 5.34. The minimum Gasteiger partial charge on any atom is -0.355 e. The average molecular weight is 269 g/mol. The molecular formula is C16H19N3O. The first-order valence-corrected chi connectivity index (χ1v) is 7.13. The highest BCUT2D eigenvalue weighted by Gasteiger charge is 2.21. The van der Waals surface area contributed by atoms with Crippen LogP contribution in [0.2, 0.25) is 0 Å². The highest BCUT2D eigenvalue weighted by molar-refractivity contribution is 5.81. The van der Waals surface area contributed by atoms with Crippen molar-refractivity contribution in [1.82, 2.24) is 15.6 Å². The van der Waals surface area contributed by atoms with E-state index >= 15 is 0 Å². The van der Waals surface area contributed by atoms with E-state index in [1.165, 1.54) is 12.8 Å². The zero-order valence-corrected chi connectivity index (χ0v) is 11.4. The first-order valence-electron chi connectivity index (χ1n) is 7.13. The Kier molecular flexibility index (Phi) is 3.92. The summed E-state index contributed by atoms with van der Waals surface area (Å²) in [5, 5.41) is 7.27. The van der Waals surface area contributed by atoms with E-state index in [0.29, 0.717) is 13.1 Å². The minimum absolute atomic E-state index is 0.0742. The van der Waals surface area contributed by atoms with Crippen molar-refractivity contribution in [3.05, 3.63) is 42.1 Å². The first-order chi connectivity index (χ1) is 9.83. The molecule has 4 nitrogen and oxygen atoms in total. The van der Waals surface area contributed by atoms with Gasteiger partial charge in [-0.05, 0) is 30.4 Å². The van der Waals surface area contributed by atoms with E-state index in [4.69, 9.17) is 0 Å². The van der Waals surface area contributed by atoms with Gasteiger partial charge < -0.3 is 10.6 Å². The van der Waals surface area contributed by atoms with Gasteiger partial charge in [0, 0.05) is 24.7 Å². The van der Waals surface area contributed by atoms with Crippen molar-refractivity contribution < 1.29 is 4.79 Å². The molecule has 3 rings (SSSR count). The molecule has 1 fully saturated rings. The molecule has 0 radical (unpaired) electrons. The largest absolute Gasteiger partial charge is 0.355 e. The van der Waals surface area contributed by atoms with Gasteiger partial charge in [0.2, 0.25) is 5.91 Å². The molecule has 0 atom stereocenters. The second-order valence-electron chi connectivity index (χ2n) is 5.34. The molecule has 0 bridgehead atoms. The van der Waals surface area contributed by atoms with Gasteiger partial charge in [-0.3, -0.25) is 9.78 Å². The highest BCUT2D eigenvalue weighted by atomic mass is 16.1. The summed E-state index contributed by atoms with van der Waals surface area (Å²) >= 11 is 0. The summed E-state index contributed by atoms with van der Waals surface area (Å²) in [5.41, 5.74) is 2.12. The van der Waals surface area contributed by atoms with Crippen LogP contribution in [0.15, 0.2) is 36.5 Å². The predicted molar refractivity (Wildman–Crippen MR) is 79.2 cm³/mol. The lowest BCUT2D eigenvalue weighted by Crippen LogP contribution is -2.34. The molecule has 1 amide bonds. The summed E-state index contributed by atoms with van der Waals surface area (Å²) in [6, 6.07) is 10.1. The van der Waals surface area contributed by atoms with Gasteiger partial charge in [-0.2, -0.15) is 0 Å². The normalized spacial score (nSPS) is 14.4. The van der Waals surface area contributed by atoms with Crippen molar-refractivity contribution in [2.75, 3.05) is 13.1 Å². The topological polar surface area (TPSA) is 54.0 Å². The number of carbonyl (C=O) groups is 1.